The molecule has 0 aliphatic rings. The van der Waals surface area contributed by atoms with E-state index in [9.17, 15) is 9.59 Å². The summed E-state index contributed by atoms with van der Waals surface area (Å²) in [6.07, 6.45) is -0.221. The van der Waals surface area contributed by atoms with Gasteiger partial charge in [-0.1, -0.05) is 17.7 Å². The lowest BCUT2D eigenvalue weighted by atomic mass is 10.1. The van der Waals surface area contributed by atoms with Gasteiger partial charge in [0.2, 0.25) is 11.8 Å². The Morgan fingerprint density at radius 2 is 1.75 bits per heavy atom. The van der Waals surface area contributed by atoms with Gasteiger partial charge in [0.1, 0.15) is 6.42 Å². The molecule has 0 atom stereocenters. The largest absolute Gasteiger partial charge is 0.351 e. The number of hydrogen-bond acceptors (Lipinski definition) is 2. The second-order valence-corrected chi connectivity index (χ2v) is 6.37. The molecule has 0 aliphatic carbocycles. The van der Waals surface area contributed by atoms with Gasteiger partial charge in [-0.05, 0) is 51.8 Å². The Kier molecular flexibility index (Phi) is 5.17. The van der Waals surface area contributed by atoms with E-state index in [2.05, 4.69) is 10.6 Å². The fourth-order valence-electron chi connectivity index (χ4n) is 1.87. The summed E-state index contributed by atoms with van der Waals surface area (Å²) in [6, 6.07) is 3.70. The van der Waals surface area contributed by atoms with Gasteiger partial charge in [-0.2, -0.15) is 0 Å². The third kappa shape index (κ3) is 5.21. The first kappa shape index (κ1) is 16.5. The van der Waals surface area contributed by atoms with Crippen molar-refractivity contribution in [2.75, 3.05) is 5.32 Å². The van der Waals surface area contributed by atoms with Gasteiger partial charge >= 0.3 is 0 Å². The van der Waals surface area contributed by atoms with Crippen LogP contribution < -0.4 is 10.6 Å². The second kappa shape index (κ2) is 6.27. The molecular weight excluding hydrogens is 276 g/mol. The van der Waals surface area contributed by atoms with Gasteiger partial charge in [0.05, 0.1) is 10.7 Å². The van der Waals surface area contributed by atoms with Crippen LogP contribution in [0.25, 0.3) is 0 Å². The molecular formula is C15H21ClN2O2. The molecule has 5 heteroatoms. The van der Waals surface area contributed by atoms with Crippen LogP contribution in [0.2, 0.25) is 5.02 Å². The Labute approximate surface area is 124 Å². The highest BCUT2D eigenvalue weighted by Crippen LogP contribution is 2.27. The maximum Gasteiger partial charge on any atom is 0.233 e. The number of carbonyl (C=O) groups is 2. The molecule has 0 radical (unpaired) electrons. The molecule has 1 aromatic carbocycles. The first-order valence-electron chi connectivity index (χ1n) is 6.46. The molecule has 2 amide bonds. The summed E-state index contributed by atoms with van der Waals surface area (Å²) in [5.74, 6) is -0.684. The number of aryl methyl sites for hydroxylation is 2. The van der Waals surface area contributed by atoms with Crippen LogP contribution in [0, 0.1) is 13.8 Å². The number of rotatable bonds is 3. The van der Waals surface area contributed by atoms with Crippen LogP contribution in [0.5, 0.6) is 0 Å². The van der Waals surface area contributed by atoms with E-state index in [4.69, 9.17) is 11.6 Å². The van der Waals surface area contributed by atoms with E-state index in [1.807, 2.05) is 40.7 Å². The molecule has 0 aromatic heterocycles. The summed E-state index contributed by atoms with van der Waals surface area (Å²) >= 11 is 6.11. The number of amides is 2. The van der Waals surface area contributed by atoms with Crippen molar-refractivity contribution in [2.24, 2.45) is 0 Å². The minimum absolute atomic E-state index is 0.221. The van der Waals surface area contributed by atoms with Crippen molar-refractivity contribution in [3.05, 3.63) is 28.3 Å². The number of halogens is 1. The zero-order valence-corrected chi connectivity index (χ0v) is 13.3. The molecule has 0 bridgehead atoms. The lowest BCUT2D eigenvalue weighted by molar-refractivity contribution is -0.127. The summed E-state index contributed by atoms with van der Waals surface area (Å²) in [5, 5.41) is 5.91. The lowest BCUT2D eigenvalue weighted by Gasteiger charge is -2.20. The number of benzene rings is 1. The van der Waals surface area contributed by atoms with Crippen LogP contribution in [0.1, 0.15) is 38.3 Å². The first-order valence-corrected chi connectivity index (χ1v) is 6.84. The Hall–Kier alpha value is -1.55. The SMILES string of the molecule is Cc1cc(C)c(NC(=O)CC(=O)NC(C)(C)C)c(Cl)c1. The van der Waals surface area contributed by atoms with Crippen LogP contribution >= 0.6 is 11.6 Å². The number of carbonyl (C=O) groups excluding carboxylic acids is 2. The van der Waals surface area contributed by atoms with Crippen molar-refractivity contribution in [3.63, 3.8) is 0 Å². The van der Waals surface area contributed by atoms with E-state index < -0.39 is 0 Å². The van der Waals surface area contributed by atoms with E-state index in [1.54, 1.807) is 6.07 Å². The Bertz CT molecular complexity index is 510. The molecule has 2 N–H and O–H groups in total. The van der Waals surface area contributed by atoms with Crippen molar-refractivity contribution in [1.82, 2.24) is 5.32 Å². The molecule has 0 aliphatic heterocycles. The van der Waals surface area contributed by atoms with Crippen molar-refractivity contribution < 1.29 is 9.59 Å². The molecule has 0 saturated heterocycles. The Morgan fingerprint density at radius 3 is 2.25 bits per heavy atom. The van der Waals surface area contributed by atoms with Crippen LogP contribution in [-0.4, -0.2) is 17.4 Å². The maximum absolute atomic E-state index is 11.9. The fraction of sp³-hybridized carbons (Fsp3) is 0.467. The second-order valence-electron chi connectivity index (χ2n) is 5.96. The highest BCUT2D eigenvalue weighted by Gasteiger charge is 2.17. The maximum atomic E-state index is 11.9. The number of hydrogen-bond donors (Lipinski definition) is 2. The van der Waals surface area contributed by atoms with E-state index in [1.165, 1.54) is 0 Å². The zero-order chi connectivity index (χ0) is 15.5. The van der Waals surface area contributed by atoms with Gasteiger partial charge in [-0.25, -0.2) is 0 Å². The minimum Gasteiger partial charge on any atom is -0.351 e. The molecule has 0 saturated carbocycles. The lowest BCUT2D eigenvalue weighted by Crippen LogP contribution is -2.41. The molecule has 0 spiro atoms. The van der Waals surface area contributed by atoms with Gasteiger partial charge in [0, 0.05) is 5.54 Å². The molecule has 0 unspecified atom stereocenters. The van der Waals surface area contributed by atoms with Crippen molar-refractivity contribution in [3.8, 4) is 0 Å². The monoisotopic (exact) mass is 296 g/mol. The molecule has 110 valence electrons. The molecule has 20 heavy (non-hydrogen) atoms. The quantitative estimate of drug-likeness (QED) is 0.842. The van der Waals surface area contributed by atoms with E-state index in [0.717, 1.165) is 11.1 Å². The summed E-state index contributed by atoms with van der Waals surface area (Å²) < 4.78 is 0. The summed E-state index contributed by atoms with van der Waals surface area (Å²) in [7, 11) is 0. The average molecular weight is 297 g/mol. The Balaban J connectivity index is 2.70. The Morgan fingerprint density at radius 1 is 1.15 bits per heavy atom. The van der Waals surface area contributed by atoms with Crippen molar-refractivity contribution >= 4 is 29.1 Å². The topological polar surface area (TPSA) is 58.2 Å². The van der Waals surface area contributed by atoms with Gasteiger partial charge in [0.15, 0.2) is 0 Å². The number of nitrogens with one attached hydrogen (secondary N) is 2. The summed E-state index contributed by atoms with van der Waals surface area (Å²) in [6.45, 7) is 9.39. The van der Waals surface area contributed by atoms with Gasteiger partial charge in [0.25, 0.3) is 0 Å². The molecule has 4 nitrogen and oxygen atoms in total. The smallest absolute Gasteiger partial charge is 0.233 e. The van der Waals surface area contributed by atoms with E-state index in [-0.39, 0.29) is 23.8 Å². The van der Waals surface area contributed by atoms with Crippen LogP contribution in [-0.2, 0) is 9.59 Å². The van der Waals surface area contributed by atoms with E-state index in [0.29, 0.717) is 10.7 Å². The van der Waals surface area contributed by atoms with Crippen molar-refractivity contribution in [2.45, 2.75) is 46.6 Å². The van der Waals surface area contributed by atoms with Crippen molar-refractivity contribution in [1.29, 1.82) is 0 Å². The van der Waals surface area contributed by atoms with Gasteiger partial charge in [-0.15, -0.1) is 0 Å². The predicted octanol–water partition coefficient (Wildman–Crippen LogP) is 3.20. The molecule has 0 heterocycles. The zero-order valence-electron chi connectivity index (χ0n) is 12.6. The highest BCUT2D eigenvalue weighted by molar-refractivity contribution is 6.34. The predicted molar refractivity (Wildman–Crippen MR) is 82.1 cm³/mol. The fourth-order valence-corrected chi connectivity index (χ4v) is 2.23. The number of anilines is 1. The van der Waals surface area contributed by atoms with E-state index >= 15 is 0 Å². The summed E-state index contributed by atoms with van der Waals surface area (Å²) in [5.41, 5.74) is 2.11. The standard InChI is InChI=1S/C15H21ClN2O2/c1-9-6-10(2)14(11(16)7-9)17-12(19)8-13(20)18-15(3,4)5/h6-7H,8H2,1-5H3,(H,17,19)(H,18,20). The van der Waals surface area contributed by atoms with Gasteiger partial charge in [-0.3, -0.25) is 9.59 Å². The van der Waals surface area contributed by atoms with Crippen LogP contribution in [0.4, 0.5) is 5.69 Å². The third-order valence-corrected chi connectivity index (χ3v) is 2.83. The first-order chi connectivity index (χ1) is 9.08. The molecule has 0 fully saturated rings. The highest BCUT2D eigenvalue weighted by atomic mass is 35.5. The molecule has 1 rings (SSSR count). The average Bonchev–Trinajstić information content (AvgIpc) is 2.20. The van der Waals surface area contributed by atoms with Crippen LogP contribution in [0.3, 0.4) is 0 Å². The van der Waals surface area contributed by atoms with Crippen LogP contribution in [0.15, 0.2) is 12.1 Å². The minimum atomic E-state index is -0.374. The summed E-state index contributed by atoms with van der Waals surface area (Å²) in [4.78, 5) is 23.5. The van der Waals surface area contributed by atoms with Gasteiger partial charge < -0.3 is 10.6 Å². The third-order valence-electron chi connectivity index (χ3n) is 2.53. The normalized spacial score (nSPS) is 11.1. The molecule has 1 aromatic rings.